The summed E-state index contributed by atoms with van der Waals surface area (Å²) >= 11 is 12.9. The number of nitrogens with one attached hydrogen (secondary N) is 1. The van der Waals surface area contributed by atoms with Gasteiger partial charge in [0.05, 0.1) is 10.4 Å². The van der Waals surface area contributed by atoms with Crippen molar-refractivity contribution in [3.8, 4) is 0 Å². The second kappa shape index (κ2) is 5.64. The highest BCUT2D eigenvalue weighted by molar-refractivity contribution is 7.89. The van der Waals surface area contributed by atoms with Gasteiger partial charge in [0, 0.05) is 19.6 Å². The lowest BCUT2D eigenvalue weighted by atomic mass is 10.2. The van der Waals surface area contributed by atoms with Crippen molar-refractivity contribution in [3.05, 3.63) is 14.7 Å². The van der Waals surface area contributed by atoms with Gasteiger partial charge in [0.2, 0.25) is 10.0 Å². The second-order valence-corrected chi connectivity index (χ2v) is 8.26. The molecule has 1 aromatic rings. The van der Waals surface area contributed by atoms with Gasteiger partial charge in [0.25, 0.3) is 0 Å². The molecule has 0 aliphatic carbocycles. The summed E-state index contributed by atoms with van der Waals surface area (Å²) in [7, 11) is -3.55. The molecule has 1 saturated heterocycles. The van der Waals surface area contributed by atoms with E-state index >= 15 is 0 Å². The molecule has 0 unspecified atom stereocenters. The zero-order valence-corrected chi connectivity index (χ0v) is 13.0. The van der Waals surface area contributed by atoms with Crippen molar-refractivity contribution < 1.29 is 8.42 Å². The smallest absolute Gasteiger partial charge is 0.245 e. The van der Waals surface area contributed by atoms with E-state index < -0.39 is 10.0 Å². The van der Waals surface area contributed by atoms with Crippen LogP contribution in [-0.4, -0.2) is 38.4 Å². The summed E-state index contributed by atoms with van der Waals surface area (Å²) < 4.78 is 27.2. The number of halogens is 2. The van der Waals surface area contributed by atoms with Crippen LogP contribution >= 0.6 is 34.5 Å². The molecule has 8 heteroatoms. The largest absolute Gasteiger partial charge is 0.313 e. The van der Waals surface area contributed by atoms with Crippen LogP contribution in [0.15, 0.2) is 11.0 Å². The fraction of sp³-hybridized carbons (Fsp3) is 0.600. The minimum atomic E-state index is -3.55. The van der Waals surface area contributed by atoms with Crippen LogP contribution in [0.4, 0.5) is 0 Å². The second-order valence-electron chi connectivity index (χ2n) is 4.12. The van der Waals surface area contributed by atoms with Gasteiger partial charge >= 0.3 is 0 Å². The summed E-state index contributed by atoms with van der Waals surface area (Å²) in [6.07, 6.45) is 0.769. The van der Waals surface area contributed by atoms with Crippen LogP contribution in [0.3, 0.4) is 0 Å². The van der Waals surface area contributed by atoms with Gasteiger partial charge in [-0.05, 0) is 12.5 Å². The van der Waals surface area contributed by atoms with E-state index in [-0.39, 0.29) is 15.3 Å². The van der Waals surface area contributed by atoms with Gasteiger partial charge in [-0.1, -0.05) is 30.1 Å². The van der Waals surface area contributed by atoms with Crippen LogP contribution in [0.2, 0.25) is 8.67 Å². The molecule has 1 N–H and O–H groups in total. The monoisotopic (exact) mass is 328 g/mol. The lowest BCUT2D eigenvalue weighted by Gasteiger charge is -2.37. The number of sulfonamides is 1. The minimum absolute atomic E-state index is 0.0182. The van der Waals surface area contributed by atoms with Gasteiger partial charge in [-0.2, -0.15) is 4.31 Å². The van der Waals surface area contributed by atoms with Crippen LogP contribution in [0, 0.1) is 0 Å². The van der Waals surface area contributed by atoms with E-state index in [2.05, 4.69) is 5.32 Å². The first-order valence-electron chi connectivity index (χ1n) is 5.64. The minimum Gasteiger partial charge on any atom is -0.313 e. The van der Waals surface area contributed by atoms with Crippen LogP contribution in [0.1, 0.15) is 13.3 Å². The Kier molecular flexibility index (Phi) is 4.57. The summed E-state index contributed by atoms with van der Waals surface area (Å²) in [5, 5.41) is 3.08. The molecule has 0 saturated carbocycles. The summed E-state index contributed by atoms with van der Waals surface area (Å²) in [5.74, 6) is 0. The standard InChI is InChI=1S/C10H14Cl2N2O2S2/c1-2-3-14(7-5-13-6-7)18(15,16)8-4-9(11)17-10(8)12/h4,7,13H,2-3,5-6H2,1H3. The third-order valence-electron chi connectivity index (χ3n) is 2.82. The lowest BCUT2D eigenvalue weighted by molar-refractivity contribution is 0.242. The predicted molar refractivity (Wildman–Crippen MR) is 75.2 cm³/mol. The highest BCUT2D eigenvalue weighted by atomic mass is 35.5. The Morgan fingerprint density at radius 2 is 2.17 bits per heavy atom. The summed E-state index contributed by atoms with van der Waals surface area (Å²) in [6.45, 7) is 3.83. The lowest BCUT2D eigenvalue weighted by Crippen LogP contribution is -2.58. The van der Waals surface area contributed by atoms with Crippen LogP contribution < -0.4 is 5.32 Å². The molecule has 2 heterocycles. The Morgan fingerprint density at radius 3 is 2.56 bits per heavy atom. The SMILES string of the molecule is CCCN(C1CNC1)S(=O)(=O)c1cc(Cl)sc1Cl. The van der Waals surface area contributed by atoms with Gasteiger partial charge in [-0.25, -0.2) is 8.42 Å². The number of nitrogens with zero attached hydrogens (tertiary/aromatic N) is 1. The fourth-order valence-electron chi connectivity index (χ4n) is 1.82. The Bertz CT molecular complexity index is 526. The van der Waals surface area contributed by atoms with E-state index in [1.807, 2.05) is 6.92 Å². The molecule has 0 aromatic carbocycles. The Morgan fingerprint density at radius 1 is 1.50 bits per heavy atom. The van der Waals surface area contributed by atoms with E-state index in [9.17, 15) is 8.42 Å². The van der Waals surface area contributed by atoms with Crippen molar-refractivity contribution in [1.29, 1.82) is 0 Å². The number of rotatable bonds is 5. The molecule has 0 atom stereocenters. The molecule has 102 valence electrons. The molecular formula is C10H14Cl2N2O2S2. The molecule has 1 aliphatic rings. The molecule has 0 radical (unpaired) electrons. The van der Waals surface area contributed by atoms with Gasteiger partial charge < -0.3 is 5.32 Å². The molecule has 18 heavy (non-hydrogen) atoms. The Balaban J connectivity index is 2.35. The highest BCUT2D eigenvalue weighted by Gasteiger charge is 2.36. The van der Waals surface area contributed by atoms with Crippen molar-refractivity contribution in [2.75, 3.05) is 19.6 Å². The average molecular weight is 329 g/mol. The molecule has 4 nitrogen and oxygen atoms in total. The van der Waals surface area contributed by atoms with Crippen LogP contribution in [0.5, 0.6) is 0 Å². The van der Waals surface area contributed by atoms with E-state index in [0.717, 1.165) is 17.8 Å². The molecule has 2 rings (SSSR count). The van der Waals surface area contributed by atoms with E-state index in [1.165, 1.54) is 10.4 Å². The van der Waals surface area contributed by atoms with E-state index in [0.29, 0.717) is 24.0 Å². The third-order valence-corrected chi connectivity index (χ3v) is 6.53. The van der Waals surface area contributed by atoms with Gasteiger partial charge in [0.15, 0.2) is 0 Å². The molecule has 0 bridgehead atoms. The maximum Gasteiger partial charge on any atom is 0.245 e. The summed E-state index contributed by atoms with van der Waals surface area (Å²) in [5.41, 5.74) is 0. The van der Waals surface area contributed by atoms with Gasteiger partial charge in [-0.3, -0.25) is 0 Å². The highest BCUT2D eigenvalue weighted by Crippen LogP contribution is 2.36. The average Bonchev–Trinajstić information content (AvgIpc) is 2.55. The number of hydrogen-bond donors (Lipinski definition) is 1. The normalized spacial score (nSPS) is 17.1. The van der Waals surface area contributed by atoms with Gasteiger partial charge in [0.1, 0.15) is 9.23 Å². The Labute approximate surface area is 121 Å². The van der Waals surface area contributed by atoms with Crippen molar-refractivity contribution in [2.45, 2.75) is 24.3 Å². The topological polar surface area (TPSA) is 49.4 Å². The maximum atomic E-state index is 12.6. The van der Waals surface area contributed by atoms with Crippen molar-refractivity contribution in [1.82, 2.24) is 9.62 Å². The molecular weight excluding hydrogens is 315 g/mol. The summed E-state index contributed by atoms with van der Waals surface area (Å²) in [6, 6.07) is 1.45. The zero-order chi connectivity index (χ0) is 13.3. The van der Waals surface area contributed by atoms with Crippen LogP contribution in [-0.2, 0) is 10.0 Å². The maximum absolute atomic E-state index is 12.6. The van der Waals surface area contributed by atoms with Crippen molar-refractivity contribution >= 4 is 44.6 Å². The van der Waals surface area contributed by atoms with Gasteiger partial charge in [-0.15, -0.1) is 11.3 Å². The zero-order valence-electron chi connectivity index (χ0n) is 9.82. The molecule has 1 aliphatic heterocycles. The van der Waals surface area contributed by atoms with E-state index in [4.69, 9.17) is 23.2 Å². The summed E-state index contributed by atoms with van der Waals surface area (Å²) in [4.78, 5) is 0.125. The Hall–Kier alpha value is 0.150. The van der Waals surface area contributed by atoms with E-state index in [1.54, 1.807) is 0 Å². The third kappa shape index (κ3) is 2.69. The van der Waals surface area contributed by atoms with Crippen LogP contribution in [0.25, 0.3) is 0 Å². The number of hydrogen-bond acceptors (Lipinski definition) is 4. The first kappa shape index (κ1) is 14.6. The molecule has 0 spiro atoms. The van der Waals surface area contributed by atoms with Crippen molar-refractivity contribution in [2.24, 2.45) is 0 Å². The molecule has 0 amide bonds. The first-order chi connectivity index (χ1) is 8.46. The molecule has 1 fully saturated rings. The number of thiophene rings is 1. The fourth-order valence-corrected chi connectivity index (χ4v) is 5.65. The quantitative estimate of drug-likeness (QED) is 0.903. The molecule has 1 aromatic heterocycles. The van der Waals surface area contributed by atoms with Crippen molar-refractivity contribution in [3.63, 3.8) is 0 Å². The first-order valence-corrected chi connectivity index (χ1v) is 8.65. The predicted octanol–water partition coefficient (Wildman–Crippen LogP) is 2.43.